The highest BCUT2D eigenvalue weighted by Gasteiger charge is 2.25. The lowest BCUT2D eigenvalue weighted by molar-refractivity contribution is 0.220. The Hall–Kier alpha value is -2.15. The van der Waals surface area contributed by atoms with E-state index < -0.39 is 5.82 Å². The number of nitrogens with one attached hydrogen (secondary N) is 2. The van der Waals surface area contributed by atoms with E-state index in [1.807, 2.05) is 5.38 Å². The molecule has 0 spiro atoms. The fraction of sp³-hybridized carbons (Fsp3) is 0.333. The maximum Gasteiger partial charge on any atom is 0.315 e. The molecule has 3 rings (SSSR count). The van der Waals surface area contributed by atoms with Crippen molar-refractivity contribution < 1.29 is 13.9 Å². The number of aromatic nitrogens is 1. The Bertz CT molecular complexity index is 648. The number of thiazole rings is 1. The number of carbonyl (C=O) groups excluding carboxylic acids is 1. The van der Waals surface area contributed by atoms with Gasteiger partial charge in [-0.2, -0.15) is 0 Å². The Kier molecular flexibility index (Phi) is 4.53. The standard InChI is InChI=1S/C15H16FN3O2S/c16-12-3-1-2-11-13(5-7-21-14(11)12)19-15(20)17-6-4-10-8-22-9-18-10/h1-3,8-9,13H,4-7H2,(H2,17,19,20)/t13-/m0/s1. The van der Waals surface area contributed by atoms with Crippen molar-refractivity contribution in [1.82, 2.24) is 15.6 Å². The van der Waals surface area contributed by atoms with Crippen LogP contribution >= 0.6 is 11.3 Å². The van der Waals surface area contributed by atoms with Gasteiger partial charge in [0.05, 0.1) is 23.9 Å². The first-order chi connectivity index (χ1) is 10.7. The predicted molar refractivity (Wildman–Crippen MR) is 81.6 cm³/mol. The molecule has 1 aromatic heterocycles. The first kappa shape index (κ1) is 14.8. The summed E-state index contributed by atoms with van der Waals surface area (Å²) in [5.74, 6) is -0.158. The number of urea groups is 1. The van der Waals surface area contributed by atoms with E-state index in [9.17, 15) is 9.18 Å². The fourth-order valence-electron chi connectivity index (χ4n) is 2.41. The van der Waals surface area contributed by atoms with Crippen molar-refractivity contribution in [3.05, 3.63) is 46.2 Å². The molecule has 1 aliphatic rings. The second-order valence-corrected chi connectivity index (χ2v) is 5.70. The quantitative estimate of drug-likeness (QED) is 0.910. The number of ether oxygens (including phenoxy) is 1. The third-order valence-electron chi connectivity index (χ3n) is 3.48. The Labute approximate surface area is 131 Å². The summed E-state index contributed by atoms with van der Waals surface area (Å²) in [6.07, 6.45) is 1.31. The summed E-state index contributed by atoms with van der Waals surface area (Å²) in [6.45, 7) is 0.895. The summed E-state index contributed by atoms with van der Waals surface area (Å²) in [5.41, 5.74) is 3.41. The van der Waals surface area contributed by atoms with Gasteiger partial charge in [0.1, 0.15) is 0 Å². The van der Waals surface area contributed by atoms with Gasteiger partial charge >= 0.3 is 6.03 Å². The molecule has 0 fully saturated rings. The van der Waals surface area contributed by atoms with E-state index in [4.69, 9.17) is 4.74 Å². The smallest absolute Gasteiger partial charge is 0.315 e. The van der Waals surface area contributed by atoms with Crippen LogP contribution in [0.1, 0.15) is 23.7 Å². The Morgan fingerprint density at radius 3 is 3.23 bits per heavy atom. The van der Waals surface area contributed by atoms with Crippen LogP contribution in [0.2, 0.25) is 0 Å². The van der Waals surface area contributed by atoms with Gasteiger partial charge in [0.15, 0.2) is 11.6 Å². The lowest BCUT2D eigenvalue weighted by atomic mass is 10.0. The molecule has 0 saturated carbocycles. The summed E-state index contributed by atoms with van der Waals surface area (Å²) < 4.78 is 19.0. The van der Waals surface area contributed by atoms with Crippen LogP contribution in [0.15, 0.2) is 29.1 Å². The van der Waals surface area contributed by atoms with Crippen LogP contribution in [0.5, 0.6) is 5.75 Å². The number of fused-ring (bicyclic) bond motifs is 1. The zero-order valence-corrected chi connectivity index (χ0v) is 12.7. The van der Waals surface area contributed by atoms with Crippen LogP contribution in [-0.2, 0) is 6.42 Å². The van der Waals surface area contributed by atoms with Gasteiger partial charge in [-0.05, 0) is 6.07 Å². The highest BCUT2D eigenvalue weighted by atomic mass is 32.1. The molecule has 1 aliphatic heterocycles. The zero-order valence-electron chi connectivity index (χ0n) is 11.8. The van der Waals surface area contributed by atoms with Crippen molar-refractivity contribution in [2.24, 2.45) is 0 Å². The predicted octanol–water partition coefficient (Wildman–Crippen LogP) is 2.65. The second kappa shape index (κ2) is 6.74. The van der Waals surface area contributed by atoms with Crippen molar-refractivity contribution in [1.29, 1.82) is 0 Å². The zero-order chi connectivity index (χ0) is 15.4. The maximum absolute atomic E-state index is 13.7. The van der Waals surface area contributed by atoms with Crippen LogP contribution in [0.3, 0.4) is 0 Å². The maximum atomic E-state index is 13.7. The van der Waals surface area contributed by atoms with Crippen LogP contribution in [0, 0.1) is 5.82 Å². The van der Waals surface area contributed by atoms with Crippen molar-refractivity contribution in [2.75, 3.05) is 13.2 Å². The molecule has 0 saturated heterocycles. The molecule has 2 heterocycles. The van der Waals surface area contributed by atoms with E-state index >= 15 is 0 Å². The molecule has 0 unspecified atom stereocenters. The first-order valence-electron chi connectivity index (χ1n) is 7.06. The van der Waals surface area contributed by atoms with Gasteiger partial charge in [-0.15, -0.1) is 11.3 Å². The third-order valence-corrected chi connectivity index (χ3v) is 4.12. The van der Waals surface area contributed by atoms with Gasteiger partial charge in [-0.1, -0.05) is 12.1 Å². The van der Waals surface area contributed by atoms with E-state index in [1.165, 1.54) is 17.4 Å². The minimum Gasteiger partial charge on any atom is -0.490 e. The minimum absolute atomic E-state index is 0.237. The Morgan fingerprint density at radius 1 is 1.50 bits per heavy atom. The molecular weight excluding hydrogens is 305 g/mol. The van der Waals surface area contributed by atoms with E-state index in [-0.39, 0.29) is 17.8 Å². The highest BCUT2D eigenvalue weighted by molar-refractivity contribution is 7.07. The summed E-state index contributed by atoms with van der Waals surface area (Å²) in [6, 6.07) is 4.25. The van der Waals surface area contributed by atoms with Crippen LogP contribution < -0.4 is 15.4 Å². The van der Waals surface area contributed by atoms with Crippen molar-refractivity contribution in [2.45, 2.75) is 18.9 Å². The average molecular weight is 321 g/mol. The summed E-state index contributed by atoms with van der Waals surface area (Å²) in [5, 5.41) is 7.62. The molecule has 1 atom stereocenters. The number of benzene rings is 1. The van der Waals surface area contributed by atoms with Crippen LogP contribution in [0.25, 0.3) is 0 Å². The number of halogens is 1. The molecule has 5 nitrogen and oxygen atoms in total. The van der Waals surface area contributed by atoms with Gasteiger partial charge in [0.2, 0.25) is 0 Å². The molecule has 1 aromatic carbocycles. The lowest BCUT2D eigenvalue weighted by Gasteiger charge is -2.26. The normalized spacial score (nSPS) is 16.5. The van der Waals surface area contributed by atoms with Gasteiger partial charge in [0, 0.05) is 30.3 Å². The number of hydrogen-bond donors (Lipinski definition) is 2. The Balaban J connectivity index is 1.55. The highest BCUT2D eigenvalue weighted by Crippen LogP contribution is 2.33. The summed E-state index contributed by atoms with van der Waals surface area (Å²) in [7, 11) is 0. The number of rotatable bonds is 4. The van der Waals surface area contributed by atoms with E-state index in [0.29, 0.717) is 31.6 Å². The van der Waals surface area contributed by atoms with Crippen molar-refractivity contribution >= 4 is 17.4 Å². The lowest BCUT2D eigenvalue weighted by Crippen LogP contribution is -2.40. The van der Waals surface area contributed by atoms with Crippen molar-refractivity contribution in [3.8, 4) is 5.75 Å². The SMILES string of the molecule is O=C(NCCc1cscn1)N[C@H]1CCOc2c(F)cccc21. The Morgan fingerprint density at radius 2 is 2.41 bits per heavy atom. The van der Waals surface area contributed by atoms with Crippen molar-refractivity contribution in [3.63, 3.8) is 0 Å². The molecule has 0 radical (unpaired) electrons. The molecule has 7 heteroatoms. The average Bonchev–Trinajstić information content (AvgIpc) is 3.02. The van der Waals surface area contributed by atoms with E-state index in [2.05, 4.69) is 15.6 Å². The molecule has 22 heavy (non-hydrogen) atoms. The fourth-order valence-corrected chi connectivity index (χ4v) is 3.00. The molecule has 0 bridgehead atoms. The number of nitrogens with zero attached hydrogens (tertiary/aromatic N) is 1. The van der Waals surface area contributed by atoms with E-state index in [0.717, 1.165) is 5.69 Å². The molecule has 116 valence electrons. The van der Waals surface area contributed by atoms with Crippen LogP contribution in [0.4, 0.5) is 9.18 Å². The third kappa shape index (κ3) is 3.36. The number of hydrogen-bond acceptors (Lipinski definition) is 4. The van der Waals surface area contributed by atoms with Gasteiger partial charge in [-0.3, -0.25) is 0 Å². The largest absolute Gasteiger partial charge is 0.490 e. The summed E-state index contributed by atoms with van der Waals surface area (Å²) >= 11 is 1.53. The van der Waals surface area contributed by atoms with Gasteiger partial charge < -0.3 is 15.4 Å². The monoisotopic (exact) mass is 321 g/mol. The second-order valence-electron chi connectivity index (χ2n) is 4.98. The number of para-hydroxylation sites is 1. The molecule has 2 amide bonds. The number of amides is 2. The summed E-state index contributed by atoms with van der Waals surface area (Å²) in [4.78, 5) is 16.1. The van der Waals surface area contributed by atoms with Gasteiger partial charge in [-0.25, -0.2) is 14.2 Å². The molecule has 2 aromatic rings. The molecular formula is C15H16FN3O2S. The van der Waals surface area contributed by atoms with Gasteiger partial charge in [0.25, 0.3) is 0 Å². The van der Waals surface area contributed by atoms with E-state index in [1.54, 1.807) is 17.6 Å². The topological polar surface area (TPSA) is 63.2 Å². The minimum atomic E-state index is -0.395. The number of carbonyl (C=O) groups is 1. The van der Waals surface area contributed by atoms with Crippen LogP contribution in [-0.4, -0.2) is 24.2 Å². The molecule has 0 aliphatic carbocycles. The molecule has 2 N–H and O–H groups in total. The first-order valence-corrected chi connectivity index (χ1v) is 8.01.